The van der Waals surface area contributed by atoms with Gasteiger partial charge in [-0.2, -0.15) is 0 Å². The fraction of sp³-hybridized carbons (Fsp3) is 0.500. The average molecular weight is 498 g/mol. The molecule has 1 aromatic carbocycles. The highest BCUT2D eigenvalue weighted by atomic mass is 32.1. The van der Waals surface area contributed by atoms with Crippen molar-refractivity contribution in [1.82, 2.24) is 24.7 Å². The van der Waals surface area contributed by atoms with Crippen molar-refractivity contribution in [2.24, 2.45) is 11.8 Å². The van der Waals surface area contributed by atoms with Crippen molar-refractivity contribution >= 4 is 27.5 Å². The molecular formula is C26H32FN5O2S. The molecule has 4 heterocycles. The molecule has 9 heteroatoms. The van der Waals surface area contributed by atoms with Crippen LogP contribution in [0.2, 0.25) is 0 Å². The van der Waals surface area contributed by atoms with E-state index in [-0.39, 0.29) is 17.3 Å². The topological polar surface area (TPSA) is 72.5 Å². The zero-order valence-corrected chi connectivity index (χ0v) is 21.1. The highest BCUT2D eigenvalue weighted by Crippen LogP contribution is 2.31. The quantitative estimate of drug-likeness (QED) is 0.585. The van der Waals surface area contributed by atoms with Gasteiger partial charge in [-0.25, -0.2) is 9.37 Å². The van der Waals surface area contributed by atoms with Crippen LogP contribution in [0.3, 0.4) is 0 Å². The summed E-state index contributed by atoms with van der Waals surface area (Å²) in [6.45, 7) is 10.5. The zero-order chi connectivity index (χ0) is 24.5. The third-order valence-corrected chi connectivity index (χ3v) is 7.94. The Morgan fingerprint density at radius 3 is 2.43 bits per heavy atom. The number of thiophene rings is 1. The van der Waals surface area contributed by atoms with Crippen LogP contribution in [0.4, 0.5) is 4.39 Å². The lowest BCUT2D eigenvalue weighted by Crippen LogP contribution is -2.51. The molecular weight excluding hydrogens is 465 g/mol. The largest absolute Gasteiger partial charge is 0.341 e. The number of carbonyl (C=O) groups is 1. The molecule has 7 nitrogen and oxygen atoms in total. The lowest BCUT2D eigenvalue weighted by atomic mass is 9.92. The molecule has 3 aromatic rings. The second kappa shape index (κ2) is 10.2. The molecule has 2 aromatic heterocycles. The normalized spacial score (nSPS) is 22.1. The molecule has 0 spiro atoms. The third-order valence-electron chi connectivity index (χ3n) is 7.07. The predicted octanol–water partition coefficient (Wildman–Crippen LogP) is 3.41. The first kappa shape index (κ1) is 24.1. The van der Waals surface area contributed by atoms with Gasteiger partial charge in [-0.1, -0.05) is 26.0 Å². The number of fused-ring (bicyclic) bond motifs is 1. The van der Waals surface area contributed by atoms with Gasteiger partial charge in [0.25, 0.3) is 5.56 Å². The van der Waals surface area contributed by atoms with Gasteiger partial charge in [0.15, 0.2) is 0 Å². The van der Waals surface area contributed by atoms with Crippen LogP contribution >= 0.6 is 11.3 Å². The Kier molecular flexibility index (Phi) is 7.00. The van der Waals surface area contributed by atoms with E-state index in [0.717, 1.165) is 50.4 Å². The molecule has 1 N–H and O–H groups in total. The number of rotatable bonds is 5. The van der Waals surface area contributed by atoms with Gasteiger partial charge in [0.05, 0.1) is 18.5 Å². The maximum Gasteiger partial charge on any atom is 0.260 e. The van der Waals surface area contributed by atoms with Crippen molar-refractivity contribution in [2.75, 3.05) is 45.8 Å². The minimum Gasteiger partial charge on any atom is -0.341 e. The van der Waals surface area contributed by atoms with Gasteiger partial charge >= 0.3 is 0 Å². The van der Waals surface area contributed by atoms with Crippen LogP contribution in [0.1, 0.15) is 26.1 Å². The number of hydrogen-bond donors (Lipinski definition) is 1. The Morgan fingerprint density at radius 1 is 1.09 bits per heavy atom. The van der Waals surface area contributed by atoms with Gasteiger partial charge in [0, 0.05) is 50.2 Å². The standard InChI is InChI=1S/C26H32FN5O2S/c1-17-11-18(2)13-32(12-17)23(33)15-31-9-7-30(8-10-31)14-22-28-25(34)24-21(16-35-26(24)29-22)19-3-5-20(27)6-4-19/h3-6,16-18H,7-15H2,1-2H3,(H,28,29,34)/t17-,18-/m1/s1. The van der Waals surface area contributed by atoms with E-state index in [1.807, 2.05) is 10.3 Å². The number of amides is 1. The SMILES string of the molecule is C[C@@H]1C[C@@H](C)CN(C(=O)CN2CCN(Cc3nc4scc(-c5ccc(F)cc5)c4c(=O)[nH]3)CC2)C1. The van der Waals surface area contributed by atoms with E-state index in [1.54, 1.807) is 12.1 Å². The summed E-state index contributed by atoms with van der Waals surface area (Å²) in [5, 5.41) is 2.46. The fourth-order valence-electron chi connectivity index (χ4n) is 5.39. The number of nitrogens with one attached hydrogen (secondary N) is 1. The number of piperazine rings is 1. The lowest BCUT2D eigenvalue weighted by molar-refractivity contribution is -0.135. The number of benzene rings is 1. The second-order valence-corrected chi connectivity index (χ2v) is 11.0. The summed E-state index contributed by atoms with van der Waals surface area (Å²) in [5.41, 5.74) is 1.41. The highest BCUT2D eigenvalue weighted by molar-refractivity contribution is 7.17. The van der Waals surface area contributed by atoms with Crippen molar-refractivity contribution in [3.8, 4) is 11.1 Å². The Morgan fingerprint density at radius 2 is 1.74 bits per heavy atom. The number of hydrogen-bond acceptors (Lipinski definition) is 6. The molecule has 0 unspecified atom stereocenters. The van der Waals surface area contributed by atoms with Crippen LogP contribution < -0.4 is 5.56 Å². The van der Waals surface area contributed by atoms with E-state index in [2.05, 4.69) is 28.6 Å². The summed E-state index contributed by atoms with van der Waals surface area (Å²) in [5.74, 6) is 1.73. The number of carbonyl (C=O) groups excluding carboxylic acids is 1. The van der Waals surface area contributed by atoms with Crippen LogP contribution in [0.15, 0.2) is 34.4 Å². The molecule has 0 aliphatic carbocycles. The molecule has 0 radical (unpaired) electrons. The van der Waals surface area contributed by atoms with E-state index in [1.165, 1.54) is 29.9 Å². The van der Waals surface area contributed by atoms with Crippen LogP contribution in [-0.4, -0.2) is 76.4 Å². The first-order valence-corrected chi connectivity index (χ1v) is 13.2. The van der Waals surface area contributed by atoms with E-state index < -0.39 is 0 Å². The smallest absolute Gasteiger partial charge is 0.260 e. The number of likely N-dealkylation sites (tertiary alicyclic amines) is 1. The first-order chi connectivity index (χ1) is 16.9. The molecule has 0 bridgehead atoms. The van der Waals surface area contributed by atoms with E-state index in [9.17, 15) is 14.0 Å². The van der Waals surface area contributed by atoms with Crippen LogP contribution in [0, 0.1) is 17.7 Å². The summed E-state index contributed by atoms with van der Waals surface area (Å²) >= 11 is 1.43. The van der Waals surface area contributed by atoms with Gasteiger partial charge in [0.1, 0.15) is 16.5 Å². The van der Waals surface area contributed by atoms with Crippen LogP contribution in [-0.2, 0) is 11.3 Å². The molecule has 2 aliphatic rings. The van der Waals surface area contributed by atoms with Crippen LogP contribution in [0.5, 0.6) is 0 Å². The van der Waals surface area contributed by atoms with E-state index >= 15 is 0 Å². The Hall–Kier alpha value is -2.62. The van der Waals surface area contributed by atoms with Crippen molar-refractivity contribution in [3.63, 3.8) is 0 Å². The minimum absolute atomic E-state index is 0.167. The molecule has 2 aliphatic heterocycles. The number of piperidine rings is 1. The summed E-state index contributed by atoms with van der Waals surface area (Å²) in [6.07, 6.45) is 1.20. The highest BCUT2D eigenvalue weighted by Gasteiger charge is 2.27. The summed E-state index contributed by atoms with van der Waals surface area (Å²) in [7, 11) is 0. The lowest BCUT2D eigenvalue weighted by Gasteiger charge is -2.38. The number of H-pyrrole nitrogens is 1. The summed E-state index contributed by atoms with van der Waals surface area (Å²) in [6, 6.07) is 6.16. The fourth-order valence-corrected chi connectivity index (χ4v) is 6.35. The minimum atomic E-state index is -0.303. The van der Waals surface area contributed by atoms with Crippen molar-refractivity contribution < 1.29 is 9.18 Å². The van der Waals surface area contributed by atoms with Crippen molar-refractivity contribution in [2.45, 2.75) is 26.8 Å². The van der Waals surface area contributed by atoms with Gasteiger partial charge in [-0.15, -0.1) is 11.3 Å². The van der Waals surface area contributed by atoms with Gasteiger partial charge in [-0.05, 0) is 36.0 Å². The Balaban J connectivity index is 1.19. The maximum absolute atomic E-state index is 13.3. The van der Waals surface area contributed by atoms with Crippen molar-refractivity contribution in [1.29, 1.82) is 0 Å². The molecule has 2 saturated heterocycles. The molecule has 2 atom stereocenters. The average Bonchev–Trinajstić information content (AvgIpc) is 3.25. The molecule has 35 heavy (non-hydrogen) atoms. The summed E-state index contributed by atoms with van der Waals surface area (Å²) in [4.78, 5) is 40.6. The second-order valence-electron chi connectivity index (χ2n) is 10.1. The first-order valence-electron chi connectivity index (χ1n) is 12.3. The molecule has 2 fully saturated rings. The third kappa shape index (κ3) is 5.47. The predicted molar refractivity (Wildman–Crippen MR) is 137 cm³/mol. The number of halogens is 1. The number of aromatic nitrogens is 2. The van der Waals surface area contributed by atoms with E-state index in [0.29, 0.717) is 41.0 Å². The molecule has 0 saturated carbocycles. The van der Waals surface area contributed by atoms with Crippen molar-refractivity contribution in [3.05, 3.63) is 51.6 Å². The maximum atomic E-state index is 13.3. The Labute approximate surface area is 208 Å². The number of aromatic amines is 1. The monoisotopic (exact) mass is 497 g/mol. The Bertz CT molecular complexity index is 1240. The summed E-state index contributed by atoms with van der Waals surface area (Å²) < 4.78 is 13.3. The van der Waals surface area contributed by atoms with Gasteiger partial charge < -0.3 is 9.88 Å². The van der Waals surface area contributed by atoms with Gasteiger partial charge in [0.2, 0.25) is 5.91 Å². The molecule has 186 valence electrons. The van der Waals surface area contributed by atoms with Crippen LogP contribution in [0.25, 0.3) is 21.3 Å². The van der Waals surface area contributed by atoms with E-state index in [4.69, 9.17) is 4.98 Å². The molecule has 1 amide bonds. The number of nitrogens with zero attached hydrogens (tertiary/aromatic N) is 4. The zero-order valence-electron chi connectivity index (χ0n) is 20.3. The molecule has 5 rings (SSSR count). The van der Waals surface area contributed by atoms with Gasteiger partial charge in [-0.3, -0.25) is 19.4 Å².